The Bertz CT molecular complexity index is 1070. The van der Waals surface area contributed by atoms with Crippen molar-refractivity contribution in [2.24, 2.45) is 27.9 Å². The van der Waals surface area contributed by atoms with Gasteiger partial charge in [0.05, 0.1) is 6.04 Å². The predicted molar refractivity (Wildman–Crippen MR) is 155 cm³/mol. The van der Waals surface area contributed by atoms with E-state index in [9.17, 15) is 34.2 Å². The normalized spacial score (nSPS) is 13.6. The minimum absolute atomic E-state index is 0.00576. The van der Waals surface area contributed by atoms with Gasteiger partial charge in [0.25, 0.3) is 0 Å². The highest BCUT2D eigenvalue weighted by atomic mass is 32.2. The molecule has 0 fully saturated rings. The van der Waals surface area contributed by atoms with Gasteiger partial charge in [-0.05, 0) is 55.4 Å². The fourth-order valence-electron chi connectivity index (χ4n) is 3.60. The lowest BCUT2D eigenvalue weighted by Gasteiger charge is -2.25. The van der Waals surface area contributed by atoms with E-state index in [1.165, 1.54) is 23.9 Å². The highest BCUT2D eigenvalue weighted by Gasteiger charge is 2.30. The number of nitrogens with one attached hydrogen (secondary N) is 3. The Morgan fingerprint density at radius 3 is 2.02 bits per heavy atom. The number of hydrogen-bond donors (Lipinski definition) is 9. The number of carboxylic acids is 1. The molecule has 1 rings (SSSR count). The third-order valence-electron chi connectivity index (χ3n) is 5.85. The van der Waals surface area contributed by atoms with E-state index in [1.807, 2.05) is 0 Å². The molecule has 0 heterocycles. The third-order valence-corrected chi connectivity index (χ3v) is 6.50. The van der Waals surface area contributed by atoms with Gasteiger partial charge < -0.3 is 49.1 Å². The molecule has 0 saturated heterocycles. The Labute approximate surface area is 242 Å². The maximum atomic E-state index is 13.4. The molecule has 0 saturated carbocycles. The molecule has 0 aliphatic heterocycles. The Kier molecular flexibility index (Phi) is 15.6. The number of aromatic hydroxyl groups is 1. The molecule has 4 atom stereocenters. The summed E-state index contributed by atoms with van der Waals surface area (Å²) in [7, 11) is 0. The second-order valence-corrected chi connectivity index (χ2v) is 10.2. The van der Waals surface area contributed by atoms with Crippen molar-refractivity contribution in [3.05, 3.63) is 29.8 Å². The average Bonchev–Trinajstić information content (AvgIpc) is 2.91. The average molecular weight is 597 g/mol. The second kappa shape index (κ2) is 18.3. The summed E-state index contributed by atoms with van der Waals surface area (Å²) in [6.45, 7) is 0.268. The second-order valence-electron chi connectivity index (χ2n) is 9.23. The zero-order chi connectivity index (χ0) is 30.9. The summed E-state index contributed by atoms with van der Waals surface area (Å²) in [5.41, 5.74) is 22.3. The van der Waals surface area contributed by atoms with Crippen LogP contribution in [-0.4, -0.2) is 88.5 Å². The summed E-state index contributed by atoms with van der Waals surface area (Å²) in [5, 5.41) is 26.6. The van der Waals surface area contributed by atoms with E-state index in [-0.39, 0.29) is 50.4 Å². The summed E-state index contributed by atoms with van der Waals surface area (Å²) in [4.78, 5) is 65.8. The molecule has 41 heavy (non-hydrogen) atoms. The van der Waals surface area contributed by atoms with Gasteiger partial charge in [0.2, 0.25) is 23.6 Å². The zero-order valence-corrected chi connectivity index (χ0v) is 23.7. The van der Waals surface area contributed by atoms with Crippen LogP contribution in [0.3, 0.4) is 0 Å². The SMILES string of the molecule is CSCCC(NC(=O)C(Cc1ccc(O)cc1)NC(=O)C(N)CCCN=C(N)N)C(=O)NC(CCC(N)=O)C(=O)O. The number of nitrogens with two attached hydrogens (primary N) is 4. The van der Waals surface area contributed by atoms with Crippen LogP contribution < -0.4 is 38.9 Å². The van der Waals surface area contributed by atoms with Crippen LogP contribution in [0, 0.1) is 0 Å². The van der Waals surface area contributed by atoms with E-state index in [4.69, 9.17) is 22.9 Å². The van der Waals surface area contributed by atoms with E-state index in [0.717, 1.165) is 0 Å². The highest BCUT2D eigenvalue weighted by molar-refractivity contribution is 7.98. The molecular formula is C25H40N8O7S. The van der Waals surface area contributed by atoms with E-state index in [0.29, 0.717) is 17.7 Å². The summed E-state index contributed by atoms with van der Waals surface area (Å²) in [5.74, 6) is -3.79. The van der Waals surface area contributed by atoms with Crippen molar-refractivity contribution in [3.8, 4) is 5.75 Å². The molecule has 0 bridgehead atoms. The summed E-state index contributed by atoms with van der Waals surface area (Å²) in [6, 6.07) is 1.33. The minimum atomic E-state index is -1.40. The first kappa shape index (κ1) is 35.0. The van der Waals surface area contributed by atoms with E-state index >= 15 is 0 Å². The van der Waals surface area contributed by atoms with Gasteiger partial charge in [-0.2, -0.15) is 11.8 Å². The Hall–Kier alpha value is -4.05. The number of thioether (sulfide) groups is 1. The molecule has 1 aromatic rings. The Morgan fingerprint density at radius 2 is 1.46 bits per heavy atom. The van der Waals surface area contributed by atoms with Crippen molar-refractivity contribution in [2.45, 2.75) is 62.7 Å². The number of phenolic OH excluding ortho intramolecular Hbond substituents is 1. The standard InChI is InChI=1S/C25H40N8O7S/c1-41-12-10-17(22(37)32-18(24(39)40)8-9-20(27)35)31-23(38)19(13-14-4-6-15(34)7-5-14)33-21(36)16(26)3-2-11-30-25(28)29/h4-7,16-19,34H,2-3,8-13,26H2,1H3,(H2,27,35)(H,31,38)(H,32,37)(H,33,36)(H,39,40)(H4,28,29,30). The minimum Gasteiger partial charge on any atom is -0.508 e. The molecule has 4 unspecified atom stereocenters. The highest BCUT2D eigenvalue weighted by Crippen LogP contribution is 2.12. The monoisotopic (exact) mass is 596 g/mol. The third kappa shape index (κ3) is 14.2. The summed E-state index contributed by atoms with van der Waals surface area (Å²) in [6.07, 6.45) is 2.13. The molecule has 15 nitrogen and oxygen atoms in total. The largest absolute Gasteiger partial charge is 0.508 e. The number of rotatable bonds is 19. The molecule has 0 aliphatic rings. The molecule has 4 amide bonds. The number of carbonyl (C=O) groups excluding carboxylic acids is 4. The van der Waals surface area contributed by atoms with Gasteiger partial charge >= 0.3 is 5.97 Å². The van der Waals surface area contributed by atoms with Crippen molar-refractivity contribution in [1.82, 2.24) is 16.0 Å². The van der Waals surface area contributed by atoms with Gasteiger partial charge in [-0.3, -0.25) is 24.2 Å². The van der Waals surface area contributed by atoms with E-state index in [2.05, 4.69) is 20.9 Å². The fourth-order valence-corrected chi connectivity index (χ4v) is 4.07. The quantitative estimate of drug-likeness (QED) is 0.0472. The van der Waals surface area contributed by atoms with Crippen LogP contribution in [0.25, 0.3) is 0 Å². The number of carbonyl (C=O) groups is 5. The van der Waals surface area contributed by atoms with Gasteiger partial charge in [-0.15, -0.1) is 0 Å². The number of phenols is 1. The predicted octanol–water partition coefficient (Wildman–Crippen LogP) is -2.13. The molecule has 0 aliphatic carbocycles. The van der Waals surface area contributed by atoms with Gasteiger partial charge in [-0.25, -0.2) is 4.79 Å². The van der Waals surface area contributed by atoms with Crippen molar-refractivity contribution in [3.63, 3.8) is 0 Å². The van der Waals surface area contributed by atoms with Crippen molar-refractivity contribution in [1.29, 1.82) is 0 Å². The van der Waals surface area contributed by atoms with Crippen LogP contribution in [0.5, 0.6) is 5.75 Å². The first-order chi connectivity index (χ1) is 19.3. The summed E-state index contributed by atoms with van der Waals surface area (Å²) < 4.78 is 0. The van der Waals surface area contributed by atoms with Crippen LogP contribution in [0.4, 0.5) is 0 Å². The summed E-state index contributed by atoms with van der Waals surface area (Å²) >= 11 is 1.41. The molecule has 0 aromatic heterocycles. The maximum Gasteiger partial charge on any atom is 0.326 e. The van der Waals surface area contributed by atoms with Crippen LogP contribution in [0.2, 0.25) is 0 Å². The fraction of sp³-hybridized carbons (Fsp3) is 0.520. The van der Waals surface area contributed by atoms with Gasteiger partial charge in [0, 0.05) is 19.4 Å². The van der Waals surface area contributed by atoms with Crippen molar-refractivity contribution in [2.75, 3.05) is 18.6 Å². The maximum absolute atomic E-state index is 13.4. The zero-order valence-electron chi connectivity index (χ0n) is 22.9. The lowest BCUT2D eigenvalue weighted by atomic mass is 10.0. The lowest BCUT2D eigenvalue weighted by molar-refractivity contribution is -0.142. The number of carboxylic acid groups (broad SMARTS) is 1. The molecular weight excluding hydrogens is 556 g/mol. The number of benzene rings is 1. The number of guanidine groups is 1. The van der Waals surface area contributed by atoms with Gasteiger partial charge in [-0.1, -0.05) is 12.1 Å². The number of aliphatic carboxylic acids is 1. The van der Waals surface area contributed by atoms with Gasteiger partial charge in [0.1, 0.15) is 23.9 Å². The van der Waals surface area contributed by atoms with Crippen molar-refractivity contribution < 1.29 is 34.2 Å². The number of nitrogens with zero attached hydrogens (tertiary/aromatic N) is 1. The van der Waals surface area contributed by atoms with Crippen molar-refractivity contribution >= 4 is 47.3 Å². The first-order valence-electron chi connectivity index (χ1n) is 12.8. The van der Waals surface area contributed by atoms with E-state index < -0.39 is 53.8 Å². The van der Waals surface area contributed by atoms with Crippen LogP contribution in [0.1, 0.15) is 37.7 Å². The molecule has 1 aromatic carbocycles. The smallest absolute Gasteiger partial charge is 0.326 e. The Balaban J connectivity index is 3.08. The molecule has 0 spiro atoms. The number of hydrogen-bond acceptors (Lipinski definition) is 9. The van der Waals surface area contributed by atoms with Crippen LogP contribution in [-0.2, 0) is 30.4 Å². The first-order valence-corrected chi connectivity index (χ1v) is 14.2. The lowest BCUT2D eigenvalue weighted by Crippen LogP contribution is -2.57. The Morgan fingerprint density at radius 1 is 0.878 bits per heavy atom. The number of primary amides is 1. The van der Waals surface area contributed by atoms with Crippen LogP contribution >= 0.6 is 11.8 Å². The topological polar surface area (TPSA) is 278 Å². The molecule has 0 radical (unpaired) electrons. The molecule has 228 valence electrons. The molecule has 16 heteroatoms. The van der Waals surface area contributed by atoms with E-state index in [1.54, 1.807) is 18.4 Å². The number of aliphatic imine (C=N–C) groups is 1. The number of amides is 4. The molecule has 13 N–H and O–H groups in total. The van der Waals surface area contributed by atoms with Crippen LogP contribution in [0.15, 0.2) is 29.3 Å². The van der Waals surface area contributed by atoms with Gasteiger partial charge in [0.15, 0.2) is 5.96 Å².